The van der Waals surface area contributed by atoms with Gasteiger partial charge in [-0.15, -0.1) is 0 Å². The first-order valence-corrected chi connectivity index (χ1v) is 7.91. The van der Waals surface area contributed by atoms with Crippen molar-refractivity contribution in [2.75, 3.05) is 39.3 Å². The van der Waals surface area contributed by atoms with Crippen LogP contribution in [0.1, 0.15) is 32.6 Å². The molecular weight excluding hydrogens is 270 g/mol. The largest absolute Gasteiger partial charge is 0.343 e. The van der Waals surface area contributed by atoms with Crippen LogP contribution in [0.15, 0.2) is 0 Å². The molecule has 0 bridgehead atoms. The van der Waals surface area contributed by atoms with E-state index in [1.165, 1.54) is 0 Å². The minimum atomic E-state index is 0.0402. The highest BCUT2D eigenvalue weighted by Gasteiger charge is 2.31. The quantitative estimate of drug-likeness (QED) is 0.702. The maximum Gasteiger partial charge on any atom is 0.225 e. The van der Waals surface area contributed by atoms with Crippen molar-refractivity contribution in [1.29, 1.82) is 0 Å². The molecule has 6 heteroatoms. The van der Waals surface area contributed by atoms with Crippen LogP contribution in [0.25, 0.3) is 0 Å². The lowest BCUT2D eigenvalue weighted by atomic mass is 9.94. The number of likely N-dealkylation sites (tertiary alicyclic amines) is 1. The fraction of sp³-hybridized carbons (Fsp3) is 0.800. The first-order valence-electron chi connectivity index (χ1n) is 7.91. The summed E-state index contributed by atoms with van der Waals surface area (Å²) in [6.45, 7) is 5.92. The minimum Gasteiger partial charge on any atom is -0.343 e. The molecule has 0 spiro atoms. The van der Waals surface area contributed by atoms with Gasteiger partial charge >= 0.3 is 0 Å². The maximum absolute atomic E-state index is 12.5. The molecule has 0 unspecified atom stereocenters. The molecule has 2 aliphatic heterocycles. The van der Waals surface area contributed by atoms with Gasteiger partial charge in [0.15, 0.2) is 0 Å². The smallest absolute Gasteiger partial charge is 0.225 e. The molecule has 0 aliphatic carbocycles. The summed E-state index contributed by atoms with van der Waals surface area (Å²) >= 11 is 0. The fourth-order valence-corrected chi connectivity index (χ4v) is 3.05. The molecule has 3 amide bonds. The van der Waals surface area contributed by atoms with Gasteiger partial charge in [0.2, 0.25) is 18.2 Å². The molecule has 0 N–H and O–H groups in total. The zero-order valence-electron chi connectivity index (χ0n) is 12.8. The van der Waals surface area contributed by atoms with Crippen LogP contribution in [-0.2, 0) is 14.4 Å². The Balaban J connectivity index is 1.78. The number of amides is 3. The molecule has 2 saturated heterocycles. The molecule has 2 aliphatic rings. The second-order valence-corrected chi connectivity index (χ2v) is 5.87. The Morgan fingerprint density at radius 1 is 1.00 bits per heavy atom. The van der Waals surface area contributed by atoms with Gasteiger partial charge in [-0.25, -0.2) is 0 Å². The van der Waals surface area contributed by atoms with Gasteiger partial charge in [0, 0.05) is 51.6 Å². The van der Waals surface area contributed by atoms with E-state index in [0.29, 0.717) is 45.7 Å². The molecule has 21 heavy (non-hydrogen) atoms. The average molecular weight is 295 g/mol. The molecule has 0 saturated carbocycles. The molecule has 2 fully saturated rings. The molecule has 0 atom stereocenters. The van der Waals surface area contributed by atoms with E-state index in [9.17, 15) is 14.4 Å². The Hall–Kier alpha value is -1.59. The van der Waals surface area contributed by atoms with E-state index in [2.05, 4.69) is 0 Å². The molecule has 6 nitrogen and oxygen atoms in total. The van der Waals surface area contributed by atoms with E-state index in [-0.39, 0.29) is 17.7 Å². The number of carbonyl (C=O) groups is 3. The summed E-state index contributed by atoms with van der Waals surface area (Å²) in [7, 11) is 0. The van der Waals surface area contributed by atoms with Gasteiger partial charge in [0.05, 0.1) is 0 Å². The molecule has 118 valence electrons. The standard InChI is InChI=1S/C15H25N3O3/c1-2-3-14(20)17-6-4-13(5-7-17)15(21)18-10-8-16(12-19)9-11-18/h12-13H,2-11H2,1H3. The summed E-state index contributed by atoms with van der Waals surface area (Å²) in [6, 6.07) is 0. The predicted octanol–water partition coefficient (Wildman–Crippen LogP) is 0.326. The number of piperidine rings is 1. The van der Waals surface area contributed by atoms with Crippen LogP contribution in [-0.4, -0.2) is 72.2 Å². The van der Waals surface area contributed by atoms with Crippen LogP contribution >= 0.6 is 0 Å². The van der Waals surface area contributed by atoms with Crippen molar-refractivity contribution in [3.63, 3.8) is 0 Å². The van der Waals surface area contributed by atoms with Crippen molar-refractivity contribution in [1.82, 2.24) is 14.7 Å². The number of rotatable bonds is 4. The highest BCUT2D eigenvalue weighted by Crippen LogP contribution is 2.21. The molecule has 0 aromatic heterocycles. The molecule has 2 rings (SSSR count). The Morgan fingerprint density at radius 3 is 2.14 bits per heavy atom. The third-order valence-corrected chi connectivity index (χ3v) is 4.44. The summed E-state index contributed by atoms with van der Waals surface area (Å²) in [5.41, 5.74) is 0. The van der Waals surface area contributed by atoms with Gasteiger partial charge < -0.3 is 14.7 Å². The van der Waals surface area contributed by atoms with Crippen LogP contribution < -0.4 is 0 Å². The predicted molar refractivity (Wildman–Crippen MR) is 78.4 cm³/mol. The summed E-state index contributed by atoms with van der Waals surface area (Å²) in [6.07, 6.45) is 3.86. The van der Waals surface area contributed by atoms with Gasteiger partial charge in [0.25, 0.3) is 0 Å². The number of nitrogens with zero attached hydrogens (tertiary/aromatic N) is 3. The Labute approximate surface area is 126 Å². The minimum absolute atomic E-state index is 0.0402. The average Bonchev–Trinajstić information content (AvgIpc) is 2.54. The van der Waals surface area contributed by atoms with E-state index < -0.39 is 0 Å². The first-order chi connectivity index (χ1) is 10.2. The monoisotopic (exact) mass is 295 g/mol. The topological polar surface area (TPSA) is 60.9 Å². The molecule has 0 aromatic rings. The number of piperazine rings is 1. The van der Waals surface area contributed by atoms with Crippen LogP contribution in [0.2, 0.25) is 0 Å². The van der Waals surface area contributed by atoms with E-state index in [1.807, 2.05) is 16.7 Å². The molecule has 0 aromatic carbocycles. The number of hydrogen-bond acceptors (Lipinski definition) is 3. The first kappa shape index (κ1) is 15.8. The van der Waals surface area contributed by atoms with Gasteiger partial charge in [-0.2, -0.15) is 0 Å². The SMILES string of the molecule is CCCC(=O)N1CCC(C(=O)N2CCN(C=O)CC2)CC1. The highest BCUT2D eigenvalue weighted by atomic mass is 16.2. The highest BCUT2D eigenvalue weighted by molar-refractivity contribution is 5.80. The van der Waals surface area contributed by atoms with Crippen LogP contribution in [0.5, 0.6) is 0 Å². The van der Waals surface area contributed by atoms with Crippen molar-refractivity contribution in [2.24, 2.45) is 5.92 Å². The van der Waals surface area contributed by atoms with Gasteiger partial charge in [-0.1, -0.05) is 6.92 Å². The summed E-state index contributed by atoms with van der Waals surface area (Å²) in [4.78, 5) is 40.4. The van der Waals surface area contributed by atoms with Gasteiger partial charge in [-0.05, 0) is 19.3 Å². The Morgan fingerprint density at radius 2 is 1.62 bits per heavy atom. The van der Waals surface area contributed by atoms with Crippen molar-refractivity contribution in [3.8, 4) is 0 Å². The normalized spacial score (nSPS) is 20.5. The third-order valence-electron chi connectivity index (χ3n) is 4.44. The lowest BCUT2D eigenvalue weighted by Gasteiger charge is -2.37. The van der Waals surface area contributed by atoms with E-state index in [1.54, 1.807) is 4.90 Å². The lowest BCUT2D eigenvalue weighted by Crippen LogP contribution is -2.51. The van der Waals surface area contributed by atoms with Gasteiger partial charge in [0.1, 0.15) is 0 Å². The number of carbonyl (C=O) groups excluding carboxylic acids is 3. The maximum atomic E-state index is 12.5. The molecule has 0 radical (unpaired) electrons. The molecular formula is C15H25N3O3. The Kier molecular flexibility index (Phi) is 5.59. The zero-order valence-corrected chi connectivity index (χ0v) is 12.8. The van der Waals surface area contributed by atoms with Crippen molar-refractivity contribution in [3.05, 3.63) is 0 Å². The number of hydrogen-bond donors (Lipinski definition) is 0. The summed E-state index contributed by atoms with van der Waals surface area (Å²) in [5.74, 6) is 0.449. The zero-order chi connectivity index (χ0) is 15.2. The van der Waals surface area contributed by atoms with E-state index in [4.69, 9.17) is 0 Å². The fourth-order valence-electron chi connectivity index (χ4n) is 3.05. The van der Waals surface area contributed by atoms with Crippen LogP contribution in [0.3, 0.4) is 0 Å². The second kappa shape index (κ2) is 7.43. The second-order valence-electron chi connectivity index (χ2n) is 5.87. The lowest BCUT2D eigenvalue weighted by molar-refractivity contribution is -0.142. The summed E-state index contributed by atoms with van der Waals surface area (Å²) < 4.78 is 0. The van der Waals surface area contributed by atoms with Crippen LogP contribution in [0, 0.1) is 5.92 Å². The van der Waals surface area contributed by atoms with E-state index in [0.717, 1.165) is 25.7 Å². The summed E-state index contributed by atoms with van der Waals surface area (Å²) in [5, 5.41) is 0. The van der Waals surface area contributed by atoms with Crippen molar-refractivity contribution < 1.29 is 14.4 Å². The van der Waals surface area contributed by atoms with Gasteiger partial charge in [-0.3, -0.25) is 14.4 Å². The van der Waals surface area contributed by atoms with Crippen molar-refractivity contribution in [2.45, 2.75) is 32.6 Å². The van der Waals surface area contributed by atoms with Crippen molar-refractivity contribution >= 4 is 18.2 Å². The van der Waals surface area contributed by atoms with Crippen LogP contribution in [0.4, 0.5) is 0 Å². The third kappa shape index (κ3) is 3.95. The van der Waals surface area contributed by atoms with E-state index >= 15 is 0 Å². The Bertz CT molecular complexity index is 384. The molecule has 2 heterocycles.